The molecule has 1 saturated heterocycles. The number of hydrogen-bond donors (Lipinski definition) is 2. The fourth-order valence-electron chi connectivity index (χ4n) is 3.20. The first kappa shape index (κ1) is 21.2. The Labute approximate surface area is 168 Å². The molecular formula is C19H22F2N4O3S. The van der Waals surface area contributed by atoms with Crippen molar-refractivity contribution in [1.82, 2.24) is 4.90 Å². The molecule has 1 heterocycles. The summed E-state index contributed by atoms with van der Waals surface area (Å²) in [5.74, 6) is -2.29. The van der Waals surface area contributed by atoms with Gasteiger partial charge in [0.1, 0.15) is 0 Å². The highest BCUT2D eigenvalue weighted by molar-refractivity contribution is 7.89. The molecule has 3 N–H and O–H groups in total. The van der Waals surface area contributed by atoms with E-state index in [1.165, 1.54) is 18.2 Å². The zero-order valence-electron chi connectivity index (χ0n) is 15.8. The van der Waals surface area contributed by atoms with E-state index in [2.05, 4.69) is 10.2 Å². The number of hydrogen-bond acceptors (Lipinski definition) is 5. The molecule has 10 heteroatoms. The lowest BCUT2D eigenvalue weighted by atomic mass is 10.2. The zero-order chi connectivity index (χ0) is 21.2. The zero-order valence-corrected chi connectivity index (χ0v) is 16.6. The highest BCUT2D eigenvalue weighted by Crippen LogP contribution is 2.20. The quantitative estimate of drug-likeness (QED) is 0.763. The van der Waals surface area contributed by atoms with Crippen LogP contribution in [0.3, 0.4) is 0 Å². The minimum absolute atomic E-state index is 0.0578. The molecule has 29 heavy (non-hydrogen) atoms. The standard InChI is InChI=1S/C19H22F2N4O3S/c1-13(19(26)23-14-2-7-17(20)18(21)12-14)24-8-10-25(11-9-24)15-3-5-16(6-4-15)29(22,27)28/h2-7,12-13H,8-11H2,1H3,(H,23,26)(H2,22,27,28). The lowest BCUT2D eigenvalue weighted by Gasteiger charge is -2.38. The predicted molar refractivity (Wildman–Crippen MR) is 106 cm³/mol. The molecule has 0 aliphatic carbocycles. The third-order valence-corrected chi connectivity index (χ3v) is 5.89. The van der Waals surface area contributed by atoms with Gasteiger partial charge in [-0.25, -0.2) is 22.3 Å². The lowest BCUT2D eigenvalue weighted by Crippen LogP contribution is -2.52. The van der Waals surface area contributed by atoms with E-state index in [0.717, 1.165) is 17.8 Å². The number of nitrogens with two attached hydrogens (primary N) is 1. The van der Waals surface area contributed by atoms with Crippen molar-refractivity contribution in [3.05, 3.63) is 54.1 Å². The van der Waals surface area contributed by atoms with Crippen LogP contribution >= 0.6 is 0 Å². The van der Waals surface area contributed by atoms with E-state index in [-0.39, 0.29) is 16.5 Å². The van der Waals surface area contributed by atoms with Crippen LogP contribution in [0.5, 0.6) is 0 Å². The molecule has 1 atom stereocenters. The fourth-order valence-corrected chi connectivity index (χ4v) is 3.72. The summed E-state index contributed by atoms with van der Waals surface area (Å²) < 4.78 is 49.0. The normalized spacial score (nSPS) is 16.5. The number of anilines is 2. The number of rotatable bonds is 5. The van der Waals surface area contributed by atoms with Crippen molar-refractivity contribution in [2.45, 2.75) is 17.9 Å². The van der Waals surface area contributed by atoms with Crippen LogP contribution in [0.2, 0.25) is 0 Å². The lowest BCUT2D eigenvalue weighted by molar-refractivity contribution is -0.120. The maximum atomic E-state index is 13.3. The van der Waals surface area contributed by atoms with E-state index < -0.39 is 27.7 Å². The Morgan fingerprint density at radius 3 is 2.21 bits per heavy atom. The topological polar surface area (TPSA) is 95.7 Å². The van der Waals surface area contributed by atoms with Crippen molar-refractivity contribution < 1.29 is 22.0 Å². The van der Waals surface area contributed by atoms with Gasteiger partial charge in [-0.15, -0.1) is 0 Å². The van der Waals surface area contributed by atoms with Crippen LogP contribution < -0.4 is 15.4 Å². The highest BCUT2D eigenvalue weighted by Gasteiger charge is 2.26. The summed E-state index contributed by atoms with van der Waals surface area (Å²) in [6, 6.07) is 9.12. The van der Waals surface area contributed by atoms with Gasteiger partial charge in [-0.1, -0.05) is 0 Å². The SMILES string of the molecule is CC(C(=O)Nc1ccc(F)c(F)c1)N1CCN(c2ccc(S(N)(=O)=O)cc2)CC1. The maximum absolute atomic E-state index is 13.3. The summed E-state index contributed by atoms with van der Waals surface area (Å²) >= 11 is 0. The summed E-state index contributed by atoms with van der Waals surface area (Å²) in [6.45, 7) is 4.29. The largest absolute Gasteiger partial charge is 0.369 e. The molecule has 1 amide bonds. The Balaban J connectivity index is 1.56. The van der Waals surface area contributed by atoms with E-state index >= 15 is 0 Å². The van der Waals surface area contributed by atoms with Crippen molar-refractivity contribution >= 4 is 27.3 Å². The van der Waals surface area contributed by atoms with Gasteiger partial charge < -0.3 is 10.2 Å². The fraction of sp³-hybridized carbons (Fsp3) is 0.316. The molecular weight excluding hydrogens is 402 g/mol. The van der Waals surface area contributed by atoms with Crippen LogP contribution in [-0.2, 0) is 14.8 Å². The summed E-state index contributed by atoms with van der Waals surface area (Å²) in [5, 5.41) is 7.71. The number of carbonyl (C=O) groups excluding carboxylic acids is 1. The van der Waals surface area contributed by atoms with Gasteiger partial charge >= 0.3 is 0 Å². The van der Waals surface area contributed by atoms with Gasteiger partial charge in [0.25, 0.3) is 0 Å². The number of halogens is 2. The number of sulfonamides is 1. The molecule has 2 aromatic carbocycles. The second-order valence-electron chi connectivity index (χ2n) is 6.86. The average molecular weight is 424 g/mol. The highest BCUT2D eigenvalue weighted by atomic mass is 32.2. The van der Waals surface area contributed by atoms with Crippen LogP contribution in [-0.4, -0.2) is 51.4 Å². The molecule has 156 valence electrons. The molecule has 0 aromatic heterocycles. The maximum Gasteiger partial charge on any atom is 0.241 e. The van der Waals surface area contributed by atoms with E-state index in [1.54, 1.807) is 19.1 Å². The second kappa shape index (κ2) is 8.44. The van der Waals surface area contributed by atoms with Gasteiger partial charge in [0, 0.05) is 43.6 Å². The Morgan fingerprint density at radius 1 is 1.03 bits per heavy atom. The number of piperazine rings is 1. The van der Waals surface area contributed by atoms with Gasteiger partial charge in [-0.3, -0.25) is 9.69 Å². The van der Waals surface area contributed by atoms with E-state index in [4.69, 9.17) is 5.14 Å². The predicted octanol–water partition coefficient (Wildman–Crippen LogP) is 1.76. The summed E-state index contributed by atoms with van der Waals surface area (Å²) in [5.41, 5.74) is 1.07. The molecule has 7 nitrogen and oxygen atoms in total. The van der Waals surface area contributed by atoms with Gasteiger partial charge in [0.2, 0.25) is 15.9 Å². The molecule has 0 bridgehead atoms. The number of benzene rings is 2. The summed E-state index contributed by atoms with van der Waals surface area (Å²) in [7, 11) is -3.73. The van der Waals surface area contributed by atoms with Gasteiger partial charge in [-0.2, -0.15) is 0 Å². The van der Waals surface area contributed by atoms with Crippen LogP contribution in [0.15, 0.2) is 47.4 Å². The van der Waals surface area contributed by atoms with E-state index in [1.807, 2.05) is 4.90 Å². The van der Waals surface area contributed by atoms with E-state index in [9.17, 15) is 22.0 Å². The van der Waals surface area contributed by atoms with Crippen molar-refractivity contribution in [3.8, 4) is 0 Å². The van der Waals surface area contributed by atoms with Gasteiger partial charge in [0.05, 0.1) is 10.9 Å². The number of amides is 1. The van der Waals surface area contributed by atoms with Gasteiger partial charge in [0.15, 0.2) is 11.6 Å². The van der Waals surface area contributed by atoms with Crippen molar-refractivity contribution in [2.75, 3.05) is 36.4 Å². The number of nitrogens with zero attached hydrogens (tertiary/aromatic N) is 2. The second-order valence-corrected chi connectivity index (χ2v) is 8.42. The van der Waals surface area contributed by atoms with Crippen molar-refractivity contribution in [2.24, 2.45) is 5.14 Å². The number of primary sulfonamides is 1. The monoisotopic (exact) mass is 424 g/mol. The molecule has 0 saturated carbocycles. The molecule has 0 radical (unpaired) electrons. The first-order chi connectivity index (χ1) is 13.6. The van der Waals surface area contributed by atoms with Gasteiger partial charge in [-0.05, 0) is 43.3 Å². The first-order valence-corrected chi connectivity index (χ1v) is 10.6. The molecule has 1 aliphatic rings. The molecule has 1 fully saturated rings. The molecule has 1 unspecified atom stereocenters. The van der Waals surface area contributed by atoms with Crippen molar-refractivity contribution in [3.63, 3.8) is 0 Å². The molecule has 2 aromatic rings. The van der Waals surface area contributed by atoms with Crippen LogP contribution in [0.4, 0.5) is 20.2 Å². The Bertz CT molecular complexity index is 991. The van der Waals surface area contributed by atoms with Crippen LogP contribution in [0.25, 0.3) is 0 Å². The minimum atomic E-state index is -3.73. The van der Waals surface area contributed by atoms with Crippen LogP contribution in [0, 0.1) is 11.6 Å². The smallest absolute Gasteiger partial charge is 0.241 e. The first-order valence-electron chi connectivity index (χ1n) is 9.03. The molecule has 3 rings (SSSR count). The van der Waals surface area contributed by atoms with Crippen LogP contribution in [0.1, 0.15) is 6.92 Å². The third kappa shape index (κ3) is 5.08. The Morgan fingerprint density at radius 2 is 1.66 bits per heavy atom. The third-order valence-electron chi connectivity index (χ3n) is 4.96. The average Bonchev–Trinajstić information content (AvgIpc) is 2.70. The number of carbonyl (C=O) groups is 1. The van der Waals surface area contributed by atoms with E-state index in [0.29, 0.717) is 26.2 Å². The minimum Gasteiger partial charge on any atom is -0.369 e. The summed E-state index contributed by atoms with van der Waals surface area (Å²) in [6.07, 6.45) is 0. The van der Waals surface area contributed by atoms with Crippen molar-refractivity contribution in [1.29, 1.82) is 0 Å². The molecule has 0 spiro atoms. The number of nitrogens with one attached hydrogen (secondary N) is 1. The Hall–Kier alpha value is -2.56. The summed E-state index contributed by atoms with van der Waals surface area (Å²) in [4.78, 5) is 16.6. The Kier molecular flexibility index (Phi) is 6.15. The molecule has 1 aliphatic heterocycles.